The number of nitrogens with two attached hydrogens (primary N) is 1. The first kappa shape index (κ1) is 16.5. The van der Waals surface area contributed by atoms with Gasteiger partial charge in [-0.2, -0.15) is 0 Å². The predicted octanol–water partition coefficient (Wildman–Crippen LogP) is -1.47. The number of hydrogen-bond donors (Lipinski definition) is 4. The molecule has 0 aliphatic carbocycles. The molecule has 0 saturated carbocycles. The van der Waals surface area contributed by atoms with Crippen LogP contribution in [0.15, 0.2) is 0 Å². The summed E-state index contributed by atoms with van der Waals surface area (Å²) in [5.41, 5.74) is 5.43. The number of aliphatic carboxylic acids is 1. The van der Waals surface area contributed by atoms with E-state index < -0.39 is 17.0 Å². The number of nitrogens with one attached hydrogen (secondary N) is 1. The molecule has 0 amide bonds. The van der Waals surface area contributed by atoms with E-state index in [4.69, 9.17) is 15.4 Å². The zero-order valence-electron chi connectivity index (χ0n) is 9.80. The average Bonchev–Trinajstić information content (AvgIpc) is 2.24. The van der Waals surface area contributed by atoms with Gasteiger partial charge in [-0.1, -0.05) is 0 Å². The van der Waals surface area contributed by atoms with Crippen LogP contribution in [0.2, 0.25) is 0 Å². The van der Waals surface area contributed by atoms with Gasteiger partial charge in [-0.05, 0) is 0 Å². The molecule has 0 spiro atoms. The monoisotopic (exact) mass is 267 g/mol. The number of carboxylic acid groups (broad SMARTS) is 1. The fourth-order valence-electron chi connectivity index (χ4n) is 1.28. The fraction of sp³-hybridized carbons (Fsp3) is 0.889. The predicted molar refractivity (Wildman–Crippen MR) is 66.3 cm³/mol. The van der Waals surface area contributed by atoms with Crippen LogP contribution in [0.3, 0.4) is 0 Å². The number of nitrogens with zero attached hydrogens (tertiary/aromatic N) is 1. The van der Waals surface area contributed by atoms with Crippen molar-refractivity contribution in [2.75, 3.05) is 45.0 Å². The fourth-order valence-corrected chi connectivity index (χ4v) is 1.70. The Morgan fingerprint density at radius 2 is 2.00 bits per heavy atom. The van der Waals surface area contributed by atoms with E-state index in [0.29, 0.717) is 39.3 Å². The van der Waals surface area contributed by atoms with Gasteiger partial charge in [-0.15, -0.1) is 0 Å². The Bertz CT molecular complexity index is 240. The lowest BCUT2D eigenvalue weighted by Crippen LogP contribution is -2.38. The van der Waals surface area contributed by atoms with E-state index in [1.54, 1.807) is 0 Å². The molecule has 0 aromatic heterocycles. The van der Waals surface area contributed by atoms with Gasteiger partial charge in [0, 0.05) is 39.3 Å². The Morgan fingerprint density at radius 3 is 2.53 bits per heavy atom. The molecule has 0 aliphatic heterocycles. The van der Waals surface area contributed by atoms with Gasteiger partial charge in [0.1, 0.15) is 0 Å². The van der Waals surface area contributed by atoms with Gasteiger partial charge in [0.2, 0.25) is 0 Å². The number of carboxylic acids is 1. The maximum atomic E-state index is 10.5. The molecule has 102 valence electrons. The molecule has 5 N–H and O–H groups in total. The molecule has 0 radical (unpaired) electrons. The van der Waals surface area contributed by atoms with Crippen LogP contribution < -0.4 is 11.1 Å². The minimum absolute atomic E-state index is 0.0948. The maximum Gasteiger partial charge on any atom is 0.304 e. The molecular formula is C9H21N3O4S. The van der Waals surface area contributed by atoms with Crippen molar-refractivity contribution < 1.29 is 18.7 Å². The number of carbonyl (C=O) groups is 1. The Labute approximate surface area is 104 Å². The molecule has 0 aromatic carbocycles. The Kier molecular flexibility index (Phi) is 10.3. The van der Waals surface area contributed by atoms with Gasteiger partial charge < -0.3 is 20.7 Å². The highest BCUT2D eigenvalue weighted by Gasteiger charge is 2.05. The molecule has 17 heavy (non-hydrogen) atoms. The Hall–Kier alpha value is -0.540. The lowest BCUT2D eigenvalue weighted by molar-refractivity contribution is -0.136. The van der Waals surface area contributed by atoms with E-state index in [1.165, 1.54) is 0 Å². The zero-order valence-corrected chi connectivity index (χ0v) is 10.6. The Balaban J connectivity index is 3.61. The summed E-state index contributed by atoms with van der Waals surface area (Å²) in [6, 6.07) is 0. The normalized spacial score (nSPS) is 12.9. The summed E-state index contributed by atoms with van der Waals surface area (Å²) in [5, 5.41) is 11.4. The first-order valence-corrected chi connectivity index (χ1v) is 6.76. The van der Waals surface area contributed by atoms with E-state index in [1.807, 2.05) is 4.90 Å². The van der Waals surface area contributed by atoms with Crippen molar-refractivity contribution in [3.05, 3.63) is 0 Å². The summed E-state index contributed by atoms with van der Waals surface area (Å²) in [6.07, 6.45) is 0.0948. The SMILES string of the molecule is NCCN(CCNCCC(=O)O)CCS(=O)O. The van der Waals surface area contributed by atoms with Crippen LogP contribution in [0.4, 0.5) is 0 Å². The topological polar surface area (TPSA) is 116 Å². The summed E-state index contributed by atoms with van der Waals surface area (Å²) in [7, 11) is 0. The summed E-state index contributed by atoms with van der Waals surface area (Å²) >= 11 is -1.79. The first-order chi connectivity index (χ1) is 8.06. The minimum Gasteiger partial charge on any atom is -0.481 e. The van der Waals surface area contributed by atoms with Crippen LogP contribution in [0.5, 0.6) is 0 Å². The standard InChI is InChI=1S/C9H21N3O4S/c10-2-5-12(7-8-17(15)16)6-4-11-3-1-9(13)14/h11H,1-8,10H2,(H,13,14)(H,15,16). The maximum absolute atomic E-state index is 10.5. The smallest absolute Gasteiger partial charge is 0.304 e. The van der Waals surface area contributed by atoms with Crippen molar-refractivity contribution >= 4 is 17.0 Å². The van der Waals surface area contributed by atoms with Crippen LogP contribution in [0.25, 0.3) is 0 Å². The van der Waals surface area contributed by atoms with Crippen LogP contribution >= 0.6 is 0 Å². The van der Waals surface area contributed by atoms with Gasteiger partial charge in [0.25, 0.3) is 0 Å². The van der Waals surface area contributed by atoms with Crippen molar-refractivity contribution in [2.45, 2.75) is 6.42 Å². The lowest BCUT2D eigenvalue weighted by atomic mass is 10.4. The van der Waals surface area contributed by atoms with Crippen LogP contribution in [0.1, 0.15) is 6.42 Å². The average molecular weight is 267 g/mol. The van der Waals surface area contributed by atoms with Crippen molar-refractivity contribution in [3.8, 4) is 0 Å². The van der Waals surface area contributed by atoms with E-state index >= 15 is 0 Å². The molecule has 0 fully saturated rings. The second-order valence-corrected chi connectivity index (χ2v) is 4.60. The zero-order chi connectivity index (χ0) is 13.1. The molecule has 0 aliphatic rings. The lowest BCUT2D eigenvalue weighted by Gasteiger charge is -2.20. The van der Waals surface area contributed by atoms with E-state index in [-0.39, 0.29) is 12.2 Å². The van der Waals surface area contributed by atoms with Gasteiger partial charge in [0.05, 0.1) is 12.2 Å². The molecule has 0 bridgehead atoms. The van der Waals surface area contributed by atoms with Crippen LogP contribution in [-0.2, 0) is 15.9 Å². The highest BCUT2D eigenvalue weighted by Crippen LogP contribution is 1.88. The summed E-state index contributed by atoms with van der Waals surface area (Å²) in [5.74, 6) is -0.623. The summed E-state index contributed by atoms with van der Waals surface area (Å²) < 4.78 is 19.2. The van der Waals surface area contributed by atoms with Gasteiger partial charge in [-0.3, -0.25) is 9.69 Å². The Morgan fingerprint density at radius 1 is 1.29 bits per heavy atom. The third kappa shape index (κ3) is 11.7. The quantitative estimate of drug-likeness (QED) is 0.267. The second-order valence-electron chi connectivity index (χ2n) is 3.55. The molecule has 0 heterocycles. The number of hydrogen-bond acceptors (Lipinski definition) is 5. The highest BCUT2D eigenvalue weighted by atomic mass is 32.2. The molecule has 0 rings (SSSR count). The molecule has 8 heteroatoms. The number of rotatable bonds is 11. The molecule has 0 saturated heterocycles. The van der Waals surface area contributed by atoms with Crippen molar-refractivity contribution in [3.63, 3.8) is 0 Å². The largest absolute Gasteiger partial charge is 0.481 e. The minimum atomic E-state index is -1.79. The van der Waals surface area contributed by atoms with Crippen molar-refractivity contribution in [1.29, 1.82) is 0 Å². The molecule has 1 atom stereocenters. The first-order valence-electron chi connectivity index (χ1n) is 5.48. The van der Waals surface area contributed by atoms with Crippen LogP contribution in [-0.4, -0.2) is 69.8 Å². The van der Waals surface area contributed by atoms with E-state index in [9.17, 15) is 9.00 Å². The van der Waals surface area contributed by atoms with Crippen molar-refractivity contribution in [2.24, 2.45) is 5.73 Å². The molecule has 1 unspecified atom stereocenters. The molecular weight excluding hydrogens is 246 g/mol. The summed E-state index contributed by atoms with van der Waals surface area (Å²) in [4.78, 5) is 12.2. The highest BCUT2D eigenvalue weighted by molar-refractivity contribution is 7.79. The molecule has 0 aromatic rings. The third-order valence-electron chi connectivity index (χ3n) is 2.15. The van der Waals surface area contributed by atoms with E-state index in [2.05, 4.69) is 5.32 Å². The van der Waals surface area contributed by atoms with Gasteiger partial charge in [0.15, 0.2) is 11.1 Å². The van der Waals surface area contributed by atoms with Gasteiger partial charge in [-0.25, -0.2) is 4.21 Å². The van der Waals surface area contributed by atoms with Gasteiger partial charge >= 0.3 is 5.97 Å². The van der Waals surface area contributed by atoms with Crippen LogP contribution in [0, 0.1) is 0 Å². The van der Waals surface area contributed by atoms with E-state index in [0.717, 1.165) is 0 Å². The summed E-state index contributed by atoms with van der Waals surface area (Å²) in [6.45, 7) is 3.43. The molecule has 7 nitrogen and oxygen atoms in total. The third-order valence-corrected chi connectivity index (χ3v) is 2.68. The second kappa shape index (κ2) is 10.6. The van der Waals surface area contributed by atoms with Crippen molar-refractivity contribution in [1.82, 2.24) is 10.2 Å².